The van der Waals surface area contributed by atoms with Gasteiger partial charge >= 0.3 is 6.09 Å². The molecule has 0 atom stereocenters. The second-order valence-electron chi connectivity index (χ2n) is 7.71. The van der Waals surface area contributed by atoms with Crippen LogP contribution in [-0.2, 0) is 4.74 Å². The quantitative estimate of drug-likeness (QED) is 0.602. The standard InChI is InChI=1S/C16H19F2N3O4/c1-15(2,3)25-14(22)20-8-16(9-20)6-19(7-16)13-11(17)4-10(21(23)24)5-12(13)18/h4-5H,6-9H2,1-3H3. The second kappa shape index (κ2) is 5.53. The lowest BCUT2D eigenvalue weighted by Crippen LogP contribution is -2.73. The van der Waals surface area contributed by atoms with Crippen molar-refractivity contribution >= 4 is 17.5 Å². The molecule has 0 unspecified atom stereocenters. The van der Waals surface area contributed by atoms with Crippen molar-refractivity contribution < 1.29 is 23.2 Å². The molecule has 25 heavy (non-hydrogen) atoms. The van der Waals surface area contributed by atoms with Gasteiger partial charge in [-0.15, -0.1) is 0 Å². The van der Waals surface area contributed by atoms with Gasteiger partial charge in [-0.2, -0.15) is 0 Å². The number of non-ortho nitro benzene ring substituents is 1. The third kappa shape index (κ3) is 3.22. The van der Waals surface area contributed by atoms with E-state index >= 15 is 0 Å². The van der Waals surface area contributed by atoms with Crippen LogP contribution >= 0.6 is 0 Å². The summed E-state index contributed by atoms with van der Waals surface area (Å²) in [4.78, 5) is 24.8. The number of amides is 1. The minimum Gasteiger partial charge on any atom is -0.444 e. The summed E-state index contributed by atoms with van der Waals surface area (Å²) in [7, 11) is 0. The Kier molecular flexibility index (Phi) is 3.85. The summed E-state index contributed by atoms with van der Waals surface area (Å²) in [5.41, 5.74) is -1.64. The highest BCUT2D eigenvalue weighted by Crippen LogP contribution is 2.44. The molecule has 3 rings (SSSR count). The number of carbonyl (C=O) groups is 1. The molecule has 7 nitrogen and oxygen atoms in total. The van der Waals surface area contributed by atoms with Gasteiger partial charge in [0.15, 0.2) is 11.6 Å². The van der Waals surface area contributed by atoms with Gasteiger partial charge in [0.25, 0.3) is 5.69 Å². The van der Waals surface area contributed by atoms with Crippen molar-refractivity contribution in [2.75, 3.05) is 31.1 Å². The van der Waals surface area contributed by atoms with Crippen LogP contribution in [-0.4, -0.2) is 47.7 Å². The van der Waals surface area contributed by atoms with Crippen molar-refractivity contribution in [2.45, 2.75) is 26.4 Å². The van der Waals surface area contributed by atoms with Crippen LogP contribution in [0.4, 0.5) is 25.0 Å². The zero-order valence-electron chi connectivity index (χ0n) is 14.2. The lowest BCUT2D eigenvalue weighted by molar-refractivity contribution is -0.385. The average molecular weight is 355 g/mol. The van der Waals surface area contributed by atoms with E-state index in [0.29, 0.717) is 26.2 Å². The van der Waals surface area contributed by atoms with E-state index in [-0.39, 0.29) is 11.1 Å². The first kappa shape index (κ1) is 17.4. The van der Waals surface area contributed by atoms with Gasteiger partial charge in [0.2, 0.25) is 0 Å². The maximum absolute atomic E-state index is 14.0. The predicted molar refractivity (Wildman–Crippen MR) is 85.5 cm³/mol. The molecule has 0 bridgehead atoms. The molecular formula is C16H19F2N3O4. The number of halogens is 2. The normalized spacial score (nSPS) is 18.6. The lowest BCUT2D eigenvalue weighted by Gasteiger charge is -2.60. The van der Waals surface area contributed by atoms with Gasteiger partial charge in [-0.3, -0.25) is 10.1 Å². The average Bonchev–Trinajstić information content (AvgIpc) is 2.35. The van der Waals surface area contributed by atoms with Gasteiger partial charge in [-0.25, -0.2) is 13.6 Å². The Hall–Kier alpha value is -2.45. The van der Waals surface area contributed by atoms with Crippen LogP contribution in [0.2, 0.25) is 0 Å². The highest BCUT2D eigenvalue weighted by molar-refractivity contribution is 5.70. The monoisotopic (exact) mass is 355 g/mol. The summed E-state index contributed by atoms with van der Waals surface area (Å²) in [5, 5.41) is 10.6. The molecular weight excluding hydrogens is 336 g/mol. The highest BCUT2D eigenvalue weighted by Gasteiger charge is 2.54. The Labute approximate surface area is 143 Å². The Morgan fingerprint density at radius 1 is 1.20 bits per heavy atom. The fourth-order valence-electron chi connectivity index (χ4n) is 3.30. The first-order valence-corrected chi connectivity index (χ1v) is 7.86. The van der Waals surface area contributed by atoms with Crippen LogP contribution in [0.15, 0.2) is 12.1 Å². The third-order valence-electron chi connectivity index (χ3n) is 4.29. The minimum atomic E-state index is -0.954. The number of nitro benzene ring substituents is 1. The Morgan fingerprint density at radius 2 is 1.72 bits per heavy atom. The van der Waals surface area contributed by atoms with E-state index in [1.165, 1.54) is 4.90 Å². The molecule has 0 aliphatic carbocycles. The smallest absolute Gasteiger partial charge is 0.410 e. The molecule has 1 aromatic carbocycles. The second-order valence-corrected chi connectivity index (χ2v) is 7.71. The van der Waals surface area contributed by atoms with Crippen molar-refractivity contribution in [2.24, 2.45) is 5.41 Å². The molecule has 0 saturated carbocycles. The lowest BCUT2D eigenvalue weighted by atomic mass is 9.72. The van der Waals surface area contributed by atoms with Crippen LogP contribution in [0.5, 0.6) is 0 Å². The number of nitrogens with zero attached hydrogens (tertiary/aromatic N) is 3. The van der Waals surface area contributed by atoms with E-state index in [2.05, 4.69) is 0 Å². The Balaban J connectivity index is 1.61. The number of ether oxygens (including phenoxy) is 1. The van der Waals surface area contributed by atoms with E-state index in [9.17, 15) is 23.7 Å². The van der Waals surface area contributed by atoms with Gasteiger partial charge in [0, 0.05) is 31.6 Å². The van der Waals surface area contributed by atoms with Gasteiger partial charge in [-0.1, -0.05) is 0 Å². The number of likely N-dealkylation sites (tertiary alicyclic amines) is 1. The van der Waals surface area contributed by atoms with E-state index in [1.54, 1.807) is 25.7 Å². The molecule has 0 N–H and O–H groups in total. The molecule has 2 aliphatic heterocycles. The van der Waals surface area contributed by atoms with Crippen LogP contribution in [0, 0.1) is 27.2 Å². The molecule has 9 heteroatoms. The molecule has 2 aliphatic rings. The van der Waals surface area contributed by atoms with Gasteiger partial charge in [0.1, 0.15) is 11.3 Å². The molecule has 1 amide bonds. The largest absolute Gasteiger partial charge is 0.444 e. The zero-order chi connectivity index (χ0) is 18.6. The number of benzene rings is 1. The molecule has 2 heterocycles. The summed E-state index contributed by atoms with van der Waals surface area (Å²) in [5.74, 6) is -1.91. The van der Waals surface area contributed by atoms with Crippen LogP contribution in [0.25, 0.3) is 0 Å². The van der Waals surface area contributed by atoms with E-state index < -0.39 is 33.9 Å². The van der Waals surface area contributed by atoms with Gasteiger partial charge in [-0.05, 0) is 20.8 Å². The number of hydrogen-bond acceptors (Lipinski definition) is 5. The number of anilines is 1. The number of rotatable bonds is 2. The van der Waals surface area contributed by atoms with Crippen molar-refractivity contribution in [3.8, 4) is 0 Å². The van der Waals surface area contributed by atoms with Crippen LogP contribution in [0.1, 0.15) is 20.8 Å². The van der Waals surface area contributed by atoms with Gasteiger partial charge in [0.05, 0.1) is 17.1 Å². The third-order valence-corrected chi connectivity index (χ3v) is 4.29. The molecule has 1 spiro atoms. The molecule has 2 saturated heterocycles. The topological polar surface area (TPSA) is 75.9 Å². The number of nitro groups is 1. The summed E-state index contributed by atoms with van der Waals surface area (Å²) >= 11 is 0. The summed E-state index contributed by atoms with van der Waals surface area (Å²) < 4.78 is 33.4. The minimum absolute atomic E-state index is 0.197. The number of hydrogen-bond donors (Lipinski definition) is 0. The van der Waals surface area contributed by atoms with Crippen LogP contribution in [0.3, 0.4) is 0 Å². The molecule has 0 radical (unpaired) electrons. The summed E-state index contributed by atoms with van der Waals surface area (Å²) in [6.07, 6.45) is -0.399. The maximum atomic E-state index is 14.0. The first-order valence-electron chi connectivity index (χ1n) is 7.86. The SMILES string of the molecule is CC(C)(C)OC(=O)N1CC2(C1)CN(c1c(F)cc([N+](=O)[O-])cc1F)C2. The molecule has 136 valence electrons. The number of carbonyl (C=O) groups excluding carboxylic acids is 1. The predicted octanol–water partition coefficient (Wildman–Crippen LogP) is 2.93. The first-order chi connectivity index (χ1) is 11.5. The molecule has 2 fully saturated rings. The summed E-state index contributed by atoms with van der Waals surface area (Å²) in [6, 6.07) is 1.44. The van der Waals surface area contributed by atoms with Crippen molar-refractivity contribution in [3.63, 3.8) is 0 Å². The molecule has 1 aromatic rings. The fourth-order valence-corrected chi connectivity index (χ4v) is 3.30. The summed E-state index contributed by atoms with van der Waals surface area (Å²) in [6.45, 7) is 7.06. The Morgan fingerprint density at radius 3 is 2.16 bits per heavy atom. The zero-order valence-corrected chi connectivity index (χ0v) is 14.2. The van der Waals surface area contributed by atoms with Crippen molar-refractivity contribution in [1.82, 2.24) is 4.90 Å². The fraction of sp³-hybridized carbons (Fsp3) is 0.562. The Bertz CT molecular complexity index is 710. The van der Waals surface area contributed by atoms with Crippen molar-refractivity contribution in [3.05, 3.63) is 33.9 Å². The molecule has 0 aromatic heterocycles. The maximum Gasteiger partial charge on any atom is 0.410 e. The van der Waals surface area contributed by atoms with Gasteiger partial charge < -0.3 is 14.5 Å². The van der Waals surface area contributed by atoms with Crippen LogP contribution < -0.4 is 4.90 Å². The van der Waals surface area contributed by atoms with E-state index in [0.717, 1.165) is 12.1 Å². The van der Waals surface area contributed by atoms with E-state index in [1.807, 2.05) is 0 Å². The van der Waals surface area contributed by atoms with E-state index in [4.69, 9.17) is 4.74 Å². The van der Waals surface area contributed by atoms with Crippen molar-refractivity contribution in [1.29, 1.82) is 0 Å². The highest BCUT2D eigenvalue weighted by atomic mass is 19.1.